The van der Waals surface area contributed by atoms with Gasteiger partial charge in [-0.1, -0.05) is 12.2 Å². The zero-order valence-corrected chi connectivity index (χ0v) is 11.7. The second kappa shape index (κ2) is 8.14. The van der Waals surface area contributed by atoms with Crippen LogP contribution in [0.15, 0.2) is 35.6 Å². The molecule has 0 aromatic carbocycles. The van der Waals surface area contributed by atoms with Crippen molar-refractivity contribution in [2.75, 3.05) is 13.1 Å². The van der Waals surface area contributed by atoms with Gasteiger partial charge in [0, 0.05) is 18.9 Å². The number of nitrogens with zero attached hydrogens (tertiary/aromatic N) is 3. The molecule has 1 heterocycles. The molecule has 3 N–H and O–H groups in total. The molecule has 0 radical (unpaired) electrons. The van der Waals surface area contributed by atoms with Crippen molar-refractivity contribution in [1.29, 1.82) is 0 Å². The molecule has 16 heavy (non-hydrogen) atoms. The Kier molecular flexibility index (Phi) is 7.61. The minimum Gasteiger partial charge on any atom is -0.370 e. The number of hydrogen-bond donors (Lipinski definition) is 2. The second-order valence-corrected chi connectivity index (χ2v) is 3.35. The van der Waals surface area contributed by atoms with Gasteiger partial charge in [-0.2, -0.15) is 5.10 Å². The number of nitrogens with one attached hydrogen (secondary N) is 1. The van der Waals surface area contributed by atoms with Crippen LogP contribution < -0.4 is 11.1 Å². The summed E-state index contributed by atoms with van der Waals surface area (Å²) in [7, 11) is 0. The fourth-order valence-corrected chi connectivity index (χ4v) is 1.01. The molecular formula is C10H18IN5. The van der Waals surface area contributed by atoms with Crippen molar-refractivity contribution in [3.05, 3.63) is 30.6 Å². The molecule has 6 heteroatoms. The molecule has 1 aromatic heterocycles. The summed E-state index contributed by atoms with van der Waals surface area (Å²) in [4.78, 5) is 4.10. The lowest BCUT2D eigenvalue weighted by molar-refractivity contribution is 0.602. The Bertz CT molecular complexity index is 331. The van der Waals surface area contributed by atoms with Crippen LogP contribution in [0.1, 0.15) is 6.92 Å². The van der Waals surface area contributed by atoms with Crippen LogP contribution in [0.5, 0.6) is 0 Å². The first-order valence-corrected chi connectivity index (χ1v) is 4.84. The van der Waals surface area contributed by atoms with Crippen LogP contribution in [0, 0.1) is 0 Å². The molecule has 0 saturated heterocycles. The highest BCUT2D eigenvalue weighted by Crippen LogP contribution is 1.86. The van der Waals surface area contributed by atoms with Gasteiger partial charge in [0.25, 0.3) is 0 Å². The average molecular weight is 335 g/mol. The van der Waals surface area contributed by atoms with E-state index < -0.39 is 0 Å². The van der Waals surface area contributed by atoms with Gasteiger partial charge in [-0.15, -0.1) is 24.0 Å². The predicted molar refractivity (Wildman–Crippen MR) is 76.9 cm³/mol. The second-order valence-electron chi connectivity index (χ2n) is 3.35. The molecule has 0 spiro atoms. The summed E-state index contributed by atoms with van der Waals surface area (Å²) in [6, 6.07) is 1.89. The summed E-state index contributed by atoms with van der Waals surface area (Å²) in [6.45, 7) is 7.72. The van der Waals surface area contributed by atoms with Crippen molar-refractivity contribution in [3.63, 3.8) is 0 Å². The van der Waals surface area contributed by atoms with Gasteiger partial charge in [0.05, 0.1) is 13.1 Å². The minimum atomic E-state index is 0. The first kappa shape index (κ1) is 15.0. The average Bonchev–Trinajstić information content (AvgIpc) is 2.67. The first-order valence-electron chi connectivity index (χ1n) is 4.84. The van der Waals surface area contributed by atoms with Crippen LogP contribution in [0.25, 0.3) is 0 Å². The van der Waals surface area contributed by atoms with Crippen molar-refractivity contribution in [1.82, 2.24) is 15.1 Å². The van der Waals surface area contributed by atoms with Gasteiger partial charge in [0.2, 0.25) is 0 Å². The van der Waals surface area contributed by atoms with Gasteiger partial charge in [-0.05, 0) is 13.0 Å². The Balaban J connectivity index is 0.00000225. The Morgan fingerprint density at radius 2 is 2.38 bits per heavy atom. The molecule has 0 aliphatic rings. The van der Waals surface area contributed by atoms with Crippen molar-refractivity contribution in [2.24, 2.45) is 10.7 Å². The number of nitrogens with two attached hydrogens (primary N) is 1. The highest BCUT2D eigenvalue weighted by Gasteiger charge is 1.92. The van der Waals surface area contributed by atoms with E-state index in [0.717, 1.165) is 12.1 Å². The molecule has 0 bridgehead atoms. The molecule has 5 nitrogen and oxygen atoms in total. The van der Waals surface area contributed by atoms with Crippen molar-refractivity contribution in [2.45, 2.75) is 13.5 Å². The molecule has 90 valence electrons. The Morgan fingerprint density at radius 3 is 2.94 bits per heavy atom. The van der Waals surface area contributed by atoms with E-state index in [-0.39, 0.29) is 24.0 Å². The summed E-state index contributed by atoms with van der Waals surface area (Å²) < 4.78 is 1.83. The zero-order chi connectivity index (χ0) is 11.1. The van der Waals surface area contributed by atoms with E-state index in [1.54, 1.807) is 6.20 Å². The highest BCUT2D eigenvalue weighted by atomic mass is 127. The molecule has 0 unspecified atom stereocenters. The maximum atomic E-state index is 5.63. The van der Waals surface area contributed by atoms with Crippen molar-refractivity contribution in [3.8, 4) is 0 Å². The van der Waals surface area contributed by atoms with E-state index in [9.17, 15) is 0 Å². The highest BCUT2D eigenvalue weighted by molar-refractivity contribution is 14.0. The van der Waals surface area contributed by atoms with Crippen LogP contribution >= 0.6 is 24.0 Å². The normalized spacial score (nSPS) is 10.7. The van der Waals surface area contributed by atoms with Gasteiger partial charge in [-0.3, -0.25) is 4.68 Å². The molecule has 0 aliphatic heterocycles. The first-order chi connectivity index (χ1) is 7.18. The fourth-order valence-electron chi connectivity index (χ4n) is 1.01. The van der Waals surface area contributed by atoms with Gasteiger partial charge in [-0.25, -0.2) is 4.99 Å². The molecule has 0 amide bonds. The summed E-state index contributed by atoms with van der Waals surface area (Å²) in [5, 5.41) is 7.07. The number of aromatic nitrogens is 2. The number of hydrogen-bond acceptors (Lipinski definition) is 2. The lowest BCUT2D eigenvalue weighted by Gasteiger charge is -2.05. The Hall–Kier alpha value is -1.05. The predicted octanol–water partition coefficient (Wildman–Crippen LogP) is 0.981. The maximum absolute atomic E-state index is 5.63. The van der Waals surface area contributed by atoms with E-state index >= 15 is 0 Å². The minimum absolute atomic E-state index is 0. The largest absolute Gasteiger partial charge is 0.370 e. The third-order valence-corrected chi connectivity index (χ3v) is 1.73. The van der Waals surface area contributed by atoms with E-state index in [4.69, 9.17) is 5.73 Å². The standard InChI is InChI=1S/C10H17N5.HI/c1-9(2)8-13-10(11)12-5-7-15-6-3-4-14-15;/h3-4,6H,1,5,7-8H2,2H3,(H3,11,12,13);1H. The van der Waals surface area contributed by atoms with Gasteiger partial charge >= 0.3 is 0 Å². The van der Waals surface area contributed by atoms with Gasteiger partial charge < -0.3 is 11.1 Å². The number of guanidine groups is 1. The smallest absolute Gasteiger partial charge is 0.188 e. The van der Waals surface area contributed by atoms with E-state index in [0.29, 0.717) is 19.0 Å². The number of rotatable bonds is 5. The topological polar surface area (TPSA) is 68.2 Å². The summed E-state index contributed by atoms with van der Waals surface area (Å²) >= 11 is 0. The fraction of sp³-hybridized carbons (Fsp3) is 0.400. The van der Waals surface area contributed by atoms with Gasteiger partial charge in [0.15, 0.2) is 5.96 Å². The quantitative estimate of drug-likeness (QED) is 0.365. The molecular weight excluding hydrogens is 317 g/mol. The van der Waals surface area contributed by atoms with Crippen LogP contribution in [-0.2, 0) is 6.54 Å². The Labute approximate surface area is 113 Å². The van der Waals surface area contributed by atoms with E-state index in [2.05, 4.69) is 22.0 Å². The monoisotopic (exact) mass is 335 g/mol. The summed E-state index contributed by atoms with van der Waals surface area (Å²) in [6.07, 6.45) is 3.65. The van der Waals surface area contributed by atoms with Crippen LogP contribution in [-0.4, -0.2) is 28.8 Å². The molecule has 0 saturated carbocycles. The van der Waals surface area contributed by atoms with Crippen LogP contribution in [0.3, 0.4) is 0 Å². The van der Waals surface area contributed by atoms with E-state index in [1.807, 2.05) is 23.9 Å². The van der Waals surface area contributed by atoms with Gasteiger partial charge in [0.1, 0.15) is 0 Å². The SMILES string of the molecule is C=C(C)CN=C(N)NCCn1cccn1.I. The lowest BCUT2D eigenvalue weighted by atomic mass is 10.4. The molecule has 1 aromatic rings. The zero-order valence-electron chi connectivity index (χ0n) is 9.39. The summed E-state index contributed by atoms with van der Waals surface area (Å²) in [5.74, 6) is 0.449. The third kappa shape index (κ3) is 6.44. The van der Waals surface area contributed by atoms with E-state index in [1.165, 1.54) is 0 Å². The third-order valence-electron chi connectivity index (χ3n) is 1.73. The number of aliphatic imine (C=N–C) groups is 1. The van der Waals surface area contributed by atoms with Crippen molar-refractivity contribution < 1.29 is 0 Å². The molecule has 0 atom stereocenters. The number of halogens is 1. The Morgan fingerprint density at radius 1 is 1.62 bits per heavy atom. The van der Waals surface area contributed by atoms with Crippen LogP contribution in [0.2, 0.25) is 0 Å². The molecule has 0 fully saturated rings. The molecule has 0 aliphatic carbocycles. The van der Waals surface area contributed by atoms with Crippen LogP contribution in [0.4, 0.5) is 0 Å². The molecule has 1 rings (SSSR count). The van der Waals surface area contributed by atoms with Crippen molar-refractivity contribution >= 4 is 29.9 Å². The lowest BCUT2D eigenvalue weighted by Crippen LogP contribution is -2.34. The maximum Gasteiger partial charge on any atom is 0.188 e. The summed E-state index contributed by atoms with van der Waals surface area (Å²) in [5.41, 5.74) is 6.62.